The van der Waals surface area contributed by atoms with Crippen LogP contribution in [0.2, 0.25) is 0 Å². The number of hydrogen-bond donors (Lipinski definition) is 1. The van der Waals surface area contributed by atoms with Gasteiger partial charge >= 0.3 is 0 Å². The lowest BCUT2D eigenvalue weighted by molar-refractivity contribution is -0.130. The van der Waals surface area contributed by atoms with Crippen molar-refractivity contribution in [2.75, 3.05) is 18.4 Å². The SMILES string of the molecule is O=C(Nc1ccc(-c2nc3ccccc3s2)cc1)C1CCN(C(=O)/C=C/c2ccccc2)CC1. The molecule has 0 radical (unpaired) electrons. The molecule has 1 aliphatic heterocycles. The molecule has 0 atom stereocenters. The third kappa shape index (κ3) is 5.07. The van der Waals surface area contributed by atoms with Gasteiger partial charge < -0.3 is 10.2 Å². The highest BCUT2D eigenvalue weighted by atomic mass is 32.1. The summed E-state index contributed by atoms with van der Waals surface area (Å²) in [5.74, 6) is -0.0843. The second-order valence-electron chi connectivity index (χ2n) is 8.40. The first-order valence-electron chi connectivity index (χ1n) is 11.4. The normalized spacial score (nSPS) is 14.5. The van der Waals surface area contributed by atoms with Gasteiger partial charge in [0.15, 0.2) is 0 Å². The molecule has 1 saturated heterocycles. The van der Waals surface area contributed by atoms with E-state index in [1.54, 1.807) is 17.4 Å². The highest BCUT2D eigenvalue weighted by Crippen LogP contribution is 2.30. The molecule has 1 aliphatic rings. The van der Waals surface area contributed by atoms with Crippen LogP contribution in [-0.2, 0) is 9.59 Å². The number of piperidine rings is 1. The van der Waals surface area contributed by atoms with E-state index in [4.69, 9.17) is 4.98 Å². The van der Waals surface area contributed by atoms with Crippen molar-refractivity contribution in [2.45, 2.75) is 12.8 Å². The van der Waals surface area contributed by atoms with Gasteiger partial charge in [0.1, 0.15) is 5.01 Å². The molecule has 1 aromatic heterocycles. The summed E-state index contributed by atoms with van der Waals surface area (Å²) in [6, 6.07) is 25.7. The van der Waals surface area contributed by atoms with Crippen molar-refractivity contribution in [3.8, 4) is 10.6 Å². The molecule has 5 nitrogen and oxygen atoms in total. The quantitative estimate of drug-likeness (QED) is 0.374. The topological polar surface area (TPSA) is 62.3 Å². The van der Waals surface area contributed by atoms with Crippen molar-refractivity contribution in [3.05, 3.63) is 90.5 Å². The van der Waals surface area contributed by atoms with Crippen LogP contribution in [0.25, 0.3) is 26.9 Å². The molecule has 34 heavy (non-hydrogen) atoms. The number of hydrogen-bond acceptors (Lipinski definition) is 4. The summed E-state index contributed by atoms with van der Waals surface area (Å²) in [5, 5.41) is 4.00. The van der Waals surface area contributed by atoms with E-state index in [0.29, 0.717) is 25.9 Å². The highest BCUT2D eigenvalue weighted by molar-refractivity contribution is 7.21. The number of likely N-dealkylation sites (tertiary alicyclic amines) is 1. The van der Waals surface area contributed by atoms with Crippen LogP contribution in [0.4, 0.5) is 5.69 Å². The number of anilines is 1. The molecule has 0 unspecified atom stereocenters. The van der Waals surface area contributed by atoms with E-state index in [1.807, 2.05) is 83.8 Å². The maximum Gasteiger partial charge on any atom is 0.246 e. The summed E-state index contributed by atoms with van der Waals surface area (Å²) in [5.41, 5.74) is 3.81. The summed E-state index contributed by atoms with van der Waals surface area (Å²) >= 11 is 1.66. The molecule has 0 bridgehead atoms. The smallest absolute Gasteiger partial charge is 0.246 e. The van der Waals surface area contributed by atoms with Crippen LogP contribution >= 0.6 is 11.3 Å². The number of nitrogens with zero attached hydrogens (tertiary/aromatic N) is 2. The lowest BCUT2D eigenvalue weighted by atomic mass is 9.95. The summed E-state index contributed by atoms with van der Waals surface area (Å²) in [6.07, 6.45) is 4.78. The monoisotopic (exact) mass is 467 g/mol. The minimum atomic E-state index is -0.0916. The van der Waals surface area contributed by atoms with Gasteiger partial charge in [-0.05, 0) is 60.9 Å². The average Bonchev–Trinajstić information content (AvgIpc) is 3.33. The van der Waals surface area contributed by atoms with Crippen molar-refractivity contribution in [3.63, 3.8) is 0 Å². The standard InChI is InChI=1S/C28H25N3O2S/c32-26(15-10-20-6-2-1-3-7-20)31-18-16-21(17-19-31)27(33)29-23-13-11-22(12-14-23)28-30-24-8-4-5-9-25(24)34-28/h1-15,21H,16-19H2,(H,29,33)/b15-10+. The lowest BCUT2D eigenvalue weighted by Crippen LogP contribution is -2.40. The molecular weight excluding hydrogens is 442 g/mol. The van der Waals surface area contributed by atoms with Gasteiger partial charge in [0.25, 0.3) is 0 Å². The summed E-state index contributed by atoms with van der Waals surface area (Å²) in [6.45, 7) is 1.18. The van der Waals surface area contributed by atoms with E-state index in [2.05, 4.69) is 11.4 Å². The maximum absolute atomic E-state index is 12.8. The van der Waals surface area contributed by atoms with Crippen LogP contribution in [0.15, 0.2) is 84.9 Å². The number of carbonyl (C=O) groups is 2. The van der Waals surface area contributed by atoms with Crippen molar-refractivity contribution in [2.24, 2.45) is 5.92 Å². The Morgan fingerprint density at radius 1 is 0.912 bits per heavy atom. The van der Waals surface area contributed by atoms with E-state index < -0.39 is 0 Å². The summed E-state index contributed by atoms with van der Waals surface area (Å²) in [4.78, 5) is 31.8. The largest absolute Gasteiger partial charge is 0.339 e. The van der Waals surface area contributed by atoms with Gasteiger partial charge in [-0.1, -0.05) is 42.5 Å². The maximum atomic E-state index is 12.8. The first-order valence-corrected chi connectivity index (χ1v) is 12.3. The van der Waals surface area contributed by atoms with E-state index in [-0.39, 0.29) is 17.7 Å². The van der Waals surface area contributed by atoms with Crippen molar-refractivity contribution in [1.29, 1.82) is 0 Å². The zero-order valence-corrected chi connectivity index (χ0v) is 19.5. The summed E-state index contributed by atoms with van der Waals surface area (Å²) in [7, 11) is 0. The molecule has 170 valence electrons. The van der Waals surface area contributed by atoms with Gasteiger partial charge in [-0.2, -0.15) is 0 Å². The molecule has 6 heteroatoms. The highest BCUT2D eigenvalue weighted by Gasteiger charge is 2.26. The zero-order valence-electron chi connectivity index (χ0n) is 18.7. The van der Waals surface area contributed by atoms with Crippen LogP contribution < -0.4 is 5.32 Å². The van der Waals surface area contributed by atoms with Crippen LogP contribution in [-0.4, -0.2) is 34.8 Å². The van der Waals surface area contributed by atoms with E-state index in [0.717, 1.165) is 32.0 Å². The van der Waals surface area contributed by atoms with E-state index >= 15 is 0 Å². The minimum absolute atomic E-state index is 0.00634. The Morgan fingerprint density at radius 3 is 2.35 bits per heavy atom. The zero-order chi connectivity index (χ0) is 23.3. The molecule has 5 rings (SSSR count). The number of thiazole rings is 1. The Kier molecular flexibility index (Phi) is 6.49. The summed E-state index contributed by atoms with van der Waals surface area (Å²) < 4.78 is 1.16. The number of nitrogens with one attached hydrogen (secondary N) is 1. The first-order chi connectivity index (χ1) is 16.7. The lowest BCUT2D eigenvalue weighted by Gasteiger charge is -2.30. The third-order valence-electron chi connectivity index (χ3n) is 6.09. The van der Waals surface area contributed by atoms with Crippen molar-refractivity contribution in [1.82, 2.24) is 9.88 Å². The van der Waals surface area contributed by atoms with Crippen molar-refractivity contribution >= 4 is 45.1 Å². The van der Waals surface area contributed by atoms with Gasteiger partial charge in [-0.15, -0.1) is 11.3 Å². The van der Waals surface area contributed by atoms with Crippen LogP contribution in [0, 0.1) is 5.92 Å². The van der Waals surface area contributed by atoms with Gasteiger partial charge in [-0.25, -0.2) is 4.98 Å². The second-order valence-corrected chi connectivity index (χ2v) is 9.43. The number of amides is 2. The van der Waals surface area contributed by atoms with Crippen LogP contribution in [0.5, 0.6) is 0 Å². The molecular formula is C28H25N3O2S. The molecule has 0 spiro atoms. The Hall–Kier alpha value is -3.77. The molecule has 2 heterocycles. The predicted molar refractivity (Wildman–Crippen MR) is 138 cm³/mol. The number of para-hydroxylation sites is 1. The molecule has 3 aromatic carbocycles. The van der Waals surface area contributed by atoms with Crippen LogP contribution in [0.1, 0.15) is 18.4 Å². The molecule has 0 aliphatic carbocycles. The molecule has 4 aromatic rings. The Labute approximate surface area is 202 Å². The Morgan fingerprint density at radius 2 is 1.62 bits per heavy atom. The van der Waals surface area contributed by atoms with E-state index in [1.165, 1.54) is 0 Å². The second kappa shape index (κ2) is 10.0. The van der Waals surface area contributed by atoms with Gasteiger partial charge in [-0.3, -0.25) is 9.59 Å². The predicted octanol–water partition coefficient (Wildman–Crippen LogP) is 5.85. The fraction of sp³-hybridized carbons (Fsp3) is 0.179. The Bertz CT molecular complexity index is 1290. The molecule has 2 amide bonds. The van der Waals surface area contributed by atoms with Gasteiger partial charge in [0.05, 0.1) is 10.2 Å². The number of rotatable bonds is 5. The molecule has 1 fully saturated rings. The van der Waals surface area contributed by atoms with Crippen LogP contribution in [0.3, 0.4) is 0 Å². The number of benzene rings is 3. The Balaban J connectivity index is 1.14. The van der Waals surface area contributed by atoms with Gasteiger partial charge in [0.2, 0.25) is 11.8 Å². The molecule has 1 N–H and O–H groups in total. The number of carbonyl (C=O) groups excluding carboxylic acids is 2. The first kappa shape index (κ1) is 22.0. The molecule has 0 saturated carbocycles. The average molecular weight is 468 g/mol. The van der Waals surface area contributed by atoms with Crippen molar-refractivity contribution < 1.29 is 9.59 Å². The van der Waals surface area contributed by atoms with E-state index in [9.17, 15) is 9.59 Å². The number of fused-ring (bicyclic) bond motifs is 1. The minimum Gasteiger partial charge on any atom is -0.339 e. The fourth-order valence-corrected chi connectivity index (χ4v) is 5.11. The fourth-order valence-electron chi connectivity index (χ4n) is 4.14. The number of aromatic nitrogens is 1. The van der Waals surface area contributed by atoms with Gasteiger partial charge in [0, 0.05) is 36.3 Å². The third-order valence-corrected chi connectivity index (χ3v) is 7.17.